The fraction of sp³-hybridized carbons (Fsp3) is 0.400. The molecule has 1 N–H and O–H groups in total. The number of carbonyl (C=O) groups is 1. The maximum Gasteiger partial charge on any atom is 0.338 e. The third-order valence-electron chi connectivity index (χ3n) is 2.18. The molecule has 0 unspecified atom stereocenters. The van der Waals surface area contributed by atoms with Gasteiger partial charge in [-0.1, -0.05) is 19.0 Å². The molecule has 2 aromatic heterocycles. The lowest BCUT2D eigenvalue weighted by Gasteiger charge is -1.94. The zero-order valence-electron chi connectivity index (χ0n) is 9.49. The minimum absolute atomic E-state index is 0.133. The second kappa shape index (κ2) is 4.36. The van der Waals surface area contributed by atoms with Crippen molar-refractivity contribution in [3.8, 4) is 0 Å². The van der Waals surface area contributed by atoms with E-state index < -0.39 is 5.97 Å². The van der Waals surface area contributed by atoms with E-state index in [0.29, 0.717) is 11.7 Å². The highest BCUT2D eigenvalue weighted by molar-refractivity contribution is 5.86. The molecule has 0 aromatic carbocycles. The van der Waals surface area contributed by atoms with Crippen molar-refractivity contribution in [2.24, 2.45) is 0 Å². The van der Waals surface area contributed by atoms with Gasteiger partial charge in [-0.2, -0.15) is 10.1 Å². The zero-order valence-corrected chi connectivity index (χ0v) is 9.49. The first-order chi connectivity index (χ1) is 8.06. The molecule has 0 spiro atoms. The van der Waals surface area contributed by atoms with Gasteiger partial charge in [-0.25, -0.2) is 4.79 Å². The number of aromatic carboxylic acids is 1. The van der Waals surface area contributed by atoms with Crippen molar-refractivity contribution in [1.82, 2.24) is 19.9 Å². The summed E-state index contributed by atoms with van der Waals surface area (Å²) in [5, 5.41) is 16.4. The quantitative estimate of drug-likeness (QED) is 0.855. The van der Waals surface area contributed by atoms with Crippen molar-refractivity contribution in [1.29, 1.82) is 0 Å². The summed E-state index contributed by atoms with van der Waals surface area (Å²) in [6.45, 7) is 4.20. The summed E-state index contributed by atoms with van der Waals surface area (Å²) in [6, 6.07) is 0. The van der Waals surface area contributed by atoms with Gasteiger partial charge in [-0.15, -0.1) is 0 Å². The van der Waals surface area contributed by atoms with Gasteiger partial charge < -0.3 is 9.63 Å². The molecule has 0 aliphatic carbocycles. The van der Waals surface area contributed by atoms with Gasteiger partial charge >= 0.3 is 5.97 Å². The standard InChI is InChI=1S/C10H12N4O3/c1-6(2)9-12-8(17-13-9)5-14-4-7(3-11-14)10(15)16/h3-4,6H,5H2,1-2H3,(H,15,16). The zero-order chi connectivity index (χ0) is 12.4. The Bertz CT molecular complexity index is 529. The molecule has 0 aliphatic rings. The van der Waals surface area contributed by atoms with Crippen LogP contribution in [0.3, 0.4) is 0 Å². The molecule has 2 heterocycles. The Morgan fingerprint density at radius 1 is 1.59 bits per heavy atom. The van der Waals surface area contributed by atoms with Crippen LogP contribution >= 0.6 is 0 Å². The SMILES string of the molecule is CC(C)c1noc(Cn2cc(C(=O)O)cn2)n1. The van der Waals surface area contributed by atoms with Gasteiger partial charge in [0.1, 0.15) is 6.54 Å². The molecule has 7 heteroatoms. The van der Waals surface area contributed by atoms with Crippen LogP contribution in [0, 0.1) is 0 Å². The highest BCUT2D eigenvalue weighted by atomic mass is 16.5. The van der Waals surface area contributed by atoms with Crippen molar-refractivity contribution in [2.75, 3.05) is 0 Å². The first kappa shape index (κ1) is 11.3. The van der Waals surface area contributed by atoms with Crippen molar-refractivity contribution in [3.63, 3.8) is 0 Å². The number of carboxylic acid groups (broad SMARTS) is 1. The minimum Gasteiger partial charge on any atom is -0.478 e. The molecule has 0 fully saturated rings. The molecule has 7 nitrogen and oxygen atoms in total. The largest absolute Gasteiger partial charge is 0.478 e. The molecule has 17 heavy (non-hydrogen) atoms. The number of nitrogens with zero attached hydrogens (tertiary/aromatic N) is 4. The van der Waals surface area contributed by atoms with Gasteiger partial charge in [0.15, 0.2) is 5.82 Å². The Kier molecular flexibility index (Phi) is 2.90. The van der Waals surface area contributed by atoms with Crippen LogP contribution in [-0.4, -0.2) is 31.0 Å². The van der Waals surface area contributed by atoms with E-state index in [1.807, 2.05) is 13.8 Å². The van der Waals surface area contributed by atoms with Crippen molar-refractivity contribution >= 4 is 5.97 Å². The van der Waals surface area contributed by atoms with Crippen LogP contribution in [0.5, 0.6) is 0 Å². The van der Waals surface area contributed by atoms with E-state index in [9.17, 15) is 4.79 Å². The molecule has 0 saturated carbocycles. The molecule has 2 rings (SSSR count). The molecular weight excluding hydrogens is 224 g/mol. The van der Waals surface area contributed by atoms with Crippen molar-refractivity contribution < 1.29 is 14.4 Å². The van der Waals surface area contributed by atoms with Gasteiger partial charge in [-0.3, -0.25) is 4.68 Å². The predicted octanol–water partition coefficient (Wildman–Crippen LogP) is 1.14. The van der Waals surface area contributed by atoms with Crippen LogP contribution in [-0.2, 0) is 6.54 Å². The van der Waals surface area contributed by atoms with Gasteiger partial charge in [-0.05, 0) is 0 Å². The molecule has 0 aliphatic heterocycles. The molecule has 0 amide bonds. The molecule has 90 valence electrons. The van der Waals surface area contributed by atoms with E-state index in [2.05, 4.69) is 15.2 Å². The molecule has 0 bridgehead atoms. The highest BCUT2D eigenvalue weighted by Gasteiger charge is 2.11. The van der Waals surface area contributed by atoms with E-state index >= 15 is 0 Å². The molecular formula is C10H12N4O3. The Morgan fingerprint density at radius 3 is 2.88 bits per heavy atom. The first-order valence-electron chi connectivity index (χ1n) is 5.14. The summed E-state index contributed by atoms with van der Waals surface area (Å²) in [4.78, 5) is 14.8. The maximum absolute atomic E-state index is 10.7. The average molecular weight is 236 g/mol. The van der Waals surface area contributed by atoms with Crippen molar-refractivity contribution in [3.05, 3.63) is 29.7 Å². The number of hydrogen-bond donors (Lipinski definition) is 1. The Morgan fingerprint density at radius 2 is 2.35 bits per heavy atom. The molecule has 0 atom stereocenters. The second-order valence-electron chi connectivity index (χ2n) is 3.93. The van der Waals surface area contributed by atoms with E-state index in [4.69, 9.17) is 9.63 Å². The first-order valence-corrected chi connectivity index (χ1v) is 5.14. The summed E-state index contributed by atoms with van der Waals surface area (Å²) in [5.41, 5.74) is 0.133. The summed E-state index contributed by atoms with van der Waals surface area (Å²) >= 11 is 0. The Hall–Kier alpha value is -2.18. The van der Waals surface area contributed by atoms with E-state index in [1.54, 1.807) is 0 Å². The monoisotopic (exact) mass is 236 g/mol. The Balaban J connectivity index is 2.11. The van der Waals surface area contributed by atoms with Crippen molar-refractivity contribution in [2.45, 2.75) is 26.3 Å². The van der Waals surface area contributed by atoms with Gasteiger partial charge in [0.05, 0.1) is 11.8 Å². The lowest BCUT2D eigenvalue weighted by molar-refractivity contribution is 0.0696. The smallest absolute Gasteiger partial charge is 0.338 e. The van der Waals surface area contributed by atoms with E-state index in [1.165, 1.54) is 17.1 Å². The van der Waals surface area contributed by atoms with Crippen LogP contribution in [0.15, 0.2) is 16.9 Å². The van der Waals surface area contributed by atoms with Gasteiger partial charge in [0, 0.05) is 12.1 Å². The number of aromatic nitrogens is 4. The Labute approximate surface area is 97.1 Å². The topological polar surface area (TPSA) is 94.0 Å². The van der Waals surface area contributed by atoms with Crippen LogP contribution in [0.4, 0.5) is 0 Å². The molecule has 0 radical (unpaired) electrons. The lowest BCUT2D eigenvalue weighted by Crippen LogP contribution is -2.01. The molecule has 0 saturated heterocycles. The lowest BCUT2D eigenvalue weighted by atomic mass is 10.2. The van der Waals surface area contributed by atoms with Crippen LogP contribution in [0.2, 0.25) is 0 Å². The number of rotatable bonds is 4. The number of carboxylic acids is 1. The maximum atomic E-state index is 10.7. The van der Waals surface area contributed by atoms with Crippen LogP contribution in [0.25, 0.3) is 0 Å². The average Bonchev–Trinajstić information content (AvgIpc) is 2.87. The fourth-order valence-corrected chi connectivity index (χ4v) is 1.27. The van der Waals surface area contributed by atoms with E-state index in [0.717, 1.165) is 0 Å². The van der Waals surface area contributed by atoms with Crippen LogP contribution < -0.4 is 0 Å². The summed E-state index contributed by atoms with van der Waals surface area (Å²) in [7, 11) is 0. The van der Waals surface area contributed by atoms with E-state index in [-0.39, 0.29) is 18.0 Å². The number of hydrogen-bond acceptors (Lipinski definition) is 5. The molecule has 2 aromatic rings. The minimum atomic E-state index is -1.01. The van der Waals surface area contributed by atoms with Gasteiger partial charge in [0.2, 0.25) is 5.89 Å². The summed E-state index contributed by atoms with van der Waals surface area (Å²) in [5.74, 6) is 0.226. The normalized spacial score (nSPS) is 11.0. The fourth-order valence-electron chi connectivity index (χ4n) is 1.27. The second-order valence-corrected chi connectivity index (χ2v) is 3.93. The van der Waals surface area contributed by atoms with Gasteiger partial charge in [0.25, 0.3) is 0 Å². The highest BCUT2D eigenvalue weighted by Crippen LogP contribution is 2.10. The summed E-state index contributed by atoms with van der Waals surface area (Å²) in [6.07, 6.45) is 2.70. The van der Waals surface area contributed by atoms with Crippen LogP contribution in [0.1, 0.15) is 41.8 Å². The third kappa shape index (κ3) is 2.49. The predicted molar refractivity (Wildman–Crippen MR) is 56.7 cm³/mol. The summed E-state index contributed by atoms with van der Waals surface area (Å²) < 4.78 is 6.48. The third-order valence-corrected chi connectivity index (χ3v) is 2.18.